The summed E-state index contributed by atoms with van der Waals surface area (Å²) in [6, 6.07) is 0. The van der Waals surface area contributed by atoms with Crippen LogP contribution in [0.1, 0.15) is 0 Å². The Labute approximate surface area is 105 Å². The van der Waals surface area contributed by atoms with Gasteiger partial charge in [-0.05, 0) is 0 Å². The molecule has 0 aliphatic carbocycles. The summed E-state index contributed by atoms with van der Waals surface area (Å²) < 4.78 is 38.6. The molecule has 0 aromatic carbocycles. The van der Waals surface area contributed by atoms with Crippen molar-refractivity contribution in [2.24, 2.45) is 14.1 Å². The van der Waals surface area contributed by atoms with Crippen LogP contribution < -0.4 is 16.1 Å². The van der Waals surface area contributed by atoms with Crippen molar-refractivity contribution in [1.82, 2.24) is 14.3 Å². The third kappa shape index (κ3) is 3.56. The molecule has 1 aromatic rings. The number of anilines is 1. The molecule has 1 heterocycles. The number of nitrogens with zero attached hydrogens (tertiary/aromatic N) is 4. The summed E-state index contributed by atoms with van der Waals surface area (Å²) in [6.07, 6.45) is -4.56. The first kappa shape index (κ1) is 15.2. The smallest absolute Gasteiger partial charge is 0.395 e. The molecule has 0 spiro atoms. The normalized spacial score (nSPS) is 11.7. The van der Waals surface area contributed by atoms with E-state index in [1.165, 1.54) is 7.05 Å². The monoisotopic (exact) mass is 282 g/mol. The molecule has 0 fully saturated rings. The Bertz CT molecular complexity index is 563. The molecule has 0 bridgehead atoms. The quantitative estimate of drug-likeness (QED) is 0.753. The Balaban J connectivity index is 3.31. The molecule has 10 heteroatoms. The zero-order valence-corrected chi connectivity index (χ0v) is 10.3. The lowest BCUT2D eigenvalue weighted by Crippen LogP contribution is -2.46. The second kappa shape index (κ2) is 5.43. The Morgan fingerprint density at radius 2 is 1.89 bits per heavy atom. The molecule has 0 unspecified atom stereocenters. The van der Waals surface area contributed by atoms with Gasteiger partial charge in [-0.25, -0.2) is 9.48 Å². The van der Waals surface area contributed by atoms with Crippen LogP contribution in [0, 0.1) is 0 Å². The van der Waals surface area contributed by atoms with Gasteiger partial charge < -0.3 is 10.0 Å². The number of aromatic nitrogens is 3. The maximum Gasteiger partial charge on any atom is 0.405 e. The van der Waals surface area contributed by atoms with Crippen LogP contribution in [0.25, 0.3) is 0 Å². The maximum absolute atomic E-state index is 12.4. The highest BCUT2D eigenvalue weighted by atomic mass is 19.4. The first-order chi connectivity index (χ1) is 8.67. The maximum atomic E-state index is 12.4. The van der Waals surface area contributed by atoms with E-state index in [2.05, 4.69) is 5.10 Å². The number of aliphatic hydroxyl groups is 1. The molecule has 1 aromatic heterocycles. The molecule has 0 radical (unpaired) electrons. The van der Waals surface area contributed by atoms with Gasteiger partial charge in [0, 0.05) is 20.6 Å². The van der Waals surface area contributed by atoms with E-state index in [1.54, 1.807) is 0 Å². The van der Waals surface area contributed by atoms with Gasteiger partial charge in [0.25, 0.3) is 5.56 Å². The highest BCUT2D eigenvalue weighted by molar-refractivity contribution is 5.34. The molecule has 0 saturated carbocycles. The molecule has 1 N–H and O–H groups in total. The van der Waals surface area contributed by atoms with Crippen molar-refractivity contribution in [2.45, 2.75) is 6.18 Å². The molecule has 19 heavy (non-hydrogen) atoms. The summed E-state index contributed by atoms with van der Waals surface area (Å²) in [5.41, 5.74) is -1.69. The fraction of sp³-hybridized carbons (Fsp3) is 0.667. The molecule has 108 valence electrons. The number of hydrogen-bond donors (Lipinski definition) is 1. The van der Waals surface area contributed by atoms with Crippen molar-refractivity contribution in [3.8, 4) is 0 Å². The van der Waals surface area contributed by atoms with Gasteiger partial charge in [-0.2, -0.15) is 13.2 Å². The summed E-state index contributed by atoms with van der Waals surface area (Å²) in [7, 11) is 2.36. The molecule has 7 nitrogen and oxygen atoms in total. The largest absolute Gasteiger partial charge is 0.405 e. The van der Waals surface area contributed by atoms with E-state index in [0.717, 1.165) is 11.7 Å². The van der Waals surface area contributed by atoms with E-state index in [4.69, 9.17) is 5.11 Å². The van der Waals surface area contributed by atoms with E-state index in [1.807, 2.05) is 0 Å². The van der Waals surface area contributed by atoms with E-state index < -0.39 is 42.9 Å². The van der Waals surface area contributed by atoms with Gasteiger partial charge in [-0.3, -0.25) is 9.36 Å². The molecule has 0 atom stereocenters. The number of halogens is 3. The van der Waals surface area contributed by atoms with Gasteiger partial charge in [0.2, 0.25) is 5.82 Å². The van der Waals surface area contributed by atoms with E-state index in [0.29, 0.717) is 9.47 Å². The van der Waals surface area contributed by atoms with Gasteiger partial charge in [0.1, 0.15) is 6.54 Å². The molecular weight excluding hydrogens is 269 g/mol. The second-order valence-corrected chi connectivity index (χ2v) is 3.85. The molecule has 0 amide bonds. The first-order valence-corrected chi connectivity index (χ1v) is 5.24. The summed E-state index contributed by atoms with van der Waals surface area (Å²) in [5, 5.41) is 12.3. The Kier molecular flexibility index (Phi) is 4.35. The highest BCUT2D eigenvalue weighted by Gasteiger charge is 2.32. The van der Waals surface area contributed by atoms with Crippen LogP contribution in [0.5, 0.6) is 0 Å². The van der Waals surface area contributed by atoms with Gasteiger partial charge in [-0.15, -0.1) is 5.10 Å². The van der Waals surface area contributed by atoms with E-state index >= 15 is 0 Å². The molecule has 0 aliphatic rings. The van der Waals surface area contributed by atoms with Crippen molar-refractivity contribution >= 4 is 5.82 Å². The number of hydrogen-bond acceptors (Lipinski definition) is 5. The van der Waals surface area contributed by atoms with Gasteiger partial charge in [0.15, 0.2) is 0 Å². The van der Waals surface area contributed by atoms with Crippen LogP contribution in [0.2, 0.25) is 0 Å². The molecule has 1 rings (SSSR count). The zero-order valence-electron chi connectivity index (χ0n) is 10.3. The predicted octanol–water partition coefficient (Wildman–Crippen LogP) is -1.16. The fourth-order valence-corrected chi connectivity index (χ4v) is 1.48. The summed E-state index contributed by atoms with van der Waals surface area (Å²) >= 11 is 0. The van der Waals surface area contributed by atoms with Gasteiger partial charge in [-0.1, -0.05) is 0 Å². The lowest BCUT2D eigenvalue weighted by molar-refractivity contribution is -0.120. The van der Waals surface area contributed by atoms with Crippen molar-refractivity contribution in [1.29, 1.82) is 0 Å². The van der Waals surface area contributed by atoms with E-state index in [-0.39, 0.29) is 0 Å². The predicted molar refractivity (Wildman–Crippen MR) is 60.1 cm³/mol. The second-order valence-electron chi connectivity index (χ2n) is 3.85. The third-order valence-corrected chi connectivity index (χ3v) is 2.34. The number of aliphatic hydroxyl groups excluding tert-OH is 1. The van der Waals surface area contributed by atoms with Crippen molar-refractivity contribution in [2.75, 3.05) is 24.6 Å². The average Bonchev–Trinajstić information content (AvgIpc) is 2.29. The Morgan fingerprint density at radius 3 is 2.37 bits per heavy atom. The Morgan fingerprint density at radius 1 is 1.32 bits per heavy atom. The van der Waals surface area contributed by atoms with Gasteiger partial charge in [0.05, 0.1) is 6.61 Å². The lowest BCUT2D eigenvalue weighted by Gasteiger charge is -2.23. The summed E-state index contributed by atoms with van der Waals surface area (Å²) in [4.78, 5) is 23.7. The zero-order chi connectivity index (χ0) is 14.8. The summed E-state index contributed by atoms with van der Waals surface area (Å²) in [6.45, 7) is -2.43. The molecule has 0 aliphatic heterocycles. The summed E-state index contributed by atoms with van der Waals surface area (Å²) in [5.74, 6) is -0.532. The van der Waals surface area contributed by atoms with Crippen molar-refractivity contribution < 1.29 is 18.3 Å². The minimum Gasteiger partial charge on any atom is -0.395 e. The number of aryl methyl sites for hydroxylation is 1. The highest BCUT2D eigenvalue weighted by Crippen LogP contribution is 2.18. The van der Waals surface area contributed by atoms with Crippen molar-refractivity contribution in [3.05, 3.63) is 20.8 Å². The first-order valence-electron chi connectivity index (χ1n) is 5.24. The fourth-order valence-electron chi connectivity index (χ4n) is 1.48. The van der Waals surface area contributed by atoms with Crippen LogP contribution >= 0.6 is 0 Å². The van der Waals surface area contributed by atoms with Gasteiger partial charge >= 0.3 is 11.9 Å². The van der Waals surface area contributed by atoms with Crippen LogP contribution in [0.3, 0.4) is 0 Å². The molecular formula is C9H13F3N4O3. The van der Waals surface area contributed by atoms with Crippen molar-refractivity contribution in [3.63, 3.8) is 0 Å². The minimum atomic E-state index is -4.56. The number of alkyl halides is 3. The lowest BCUT2D eigenvalue weighted by atomic mass is 10.4. The van der Waals surface area contributed by atoms with Crippen LogP contribution in [-0.2, 0) is 14.1 Å². The van der Waals surface area contributed by atoms with Crippen LogP contribution in [-0.4, -0.2) is 45.3 Å². The SMILES string of the molecule is Cn1nc(N(CCO)CC(F)(F)F)c(=O)n(C)c1=O. The number of rotatable bonds is 4. The standard InChI is InChI=1S/C9H13F3N4O3/c1-14-7(18)6(13-15(2)8(14)19)16(3-4-17)5-9(10,11)12/h17H,3-5H2,1-2H3. The molecule has 0 saturated heterocycles. The minimum absolute atomic E-state index is 0.417. The van der Waals surface area contributed by atoms with Crippen LogP contribution in [0.4, 0.5) is 19.0 Å². The Hall–Kier alpha value is -1.84. The average molecular weight is 282 g/mol. The third-order valence-electron chi connectivity index (χ3n) is 2.34. The van der Waals surface area contributed by atoms with Crippen LogP contribution in [0.15, 0.2) is 9.59 Å². The van der Waals surface area contributed by atoms with E-state index in [9.17, 15) is 22.8 Å². The topological polar surface area (TPSA) is 80.4 Å².